The maximum atomic E-state index is 11.8. The van der Waals surface area contributed by atoms with Crippen LogP contribution in [0.4, 0.5) is 0 Å². The van der Waals surface area contributed by atoms with Gasteiger partial charge in [-0.3, -0.25) is 15.1 Å². The topological polar surface area (TPSA) is 152 Å². The van der Waals surface area contributed by atoms with E-state index < -0.39 is 36.6 Å². The molecule has 0 saturated carbocycles. The highest BCUT2D eigenvalue weighted by atomic mass is 16.5. The number of nitrogens with one attached hydrogen (secondary N) is 1. The quantitative estimate of drug-likeness (QED) is 0.157. The van der Waals surface area contributed by atoms with Gasteiger partial charge >= 0.3 is 5.97 Å². The summed E-state index contributed by atoms with van der Waals surface area (Å²) in [5.41, 5.74) is 10.5. The van der Waals surface area contributed by atoms with E-state index in [4.69, 9.17) is 20.9 Å². The van der Waals surface area contributed by atoms with Gasteiger partial charge in [-0.15, -0.1) is 0 Å². The second-order valence-electron chi connectivity index (χ2n) is 5.32. The Labute approximate surface area is 129 Å². The molecule has 22 heavy (non-hydrogen) atoms. The molecule has 0 aromatic rings. The number of nitrogens with two attached hydrogens (primary N) is 2. The van der Waals surface area contributed by atoms with E-state index in [1.165, 1.54) is 7.11 Å². The minimum Gasteiger partial charge on any atom is -0.468 e. The summed E-state index contributed by atoms with van der Waals surface area (Å²) in [6.45, 7) is 2.10. The highest BCUT2D eigenvalue weighted by Gasteiger charge is 2.36. The SMILES string of the molecule is COC(=O)[C@H](CCCN=C(N)N)NC1O[C@H](C)[C@@H](O)C[C@H]1O. The molecule has 1 saturated heterocycles. The number of aliphatic imine (C=N–C) groups is 1. The van der Waals surface area contributed by atoms with Gasteiger partial charge in [0.15, 0.2) is 5.96 Å². The fraction of sp³-hybridized carbons (Fsp3) is 0.846. The number of esters is 1. The van der Waals surface area contributed by atoms with Gasteiger partial charge in [0.05, 0.1) is 25.4 Å². The average molecular weight is 318 g/mol. The van der Waals surface area contributed by atoms with Crippen molar-refractivity contribution in [2.45, 2.75) is 56.8 Å². The standard InChI is InChI=1S/C13H26N4O5/c1-7-9(18)6-10(19)11(22-7)17-8(12(20)21-2)4-3-5-16-13(14)15/h7-11,17-19H,3-6H2,1-2H3,(H4,14,15,16)/t7-,8+,9+,10-,11?/m1/s1. The van der Waals surface area contributed by atoms with E-state index in [9.17, 15) is 15.0 Å². The van der Waals surface area contributed by atoms with Crippen molar-refractivity contribution in [3.63, 3.8) is 0 Å². The van der Waals surface area contributed by atoms with E-state index >= 15 is 0 Å². The third-order valence-corrected chi connectivity index (χ3v) is 3.53. The van der Waals surface area contributed by atoms with Gasteiger partial charge in [-0.1, -0.05) is 0 Å². The molecule has 1 aliphatic rings. The molecule has 1 rings (SSSR count). The Balaban J connectivity index is 2.57. The Hall–Kier alpha value is -1.42. The van der Waals surface area contributed by atoms with Crippen molar-refractivity contribution in [3.8, 4) is 0 Å². The Morgan fingerprint density at radius 2 is 2.14 bits per heavy atom. The Bertz CT molecular complexity index is 389. The van der Waals surface area contributed by atoms with Crippen molar-refractivity contribution < 1.29 is 24.5 Å². The molecule has 128 valence electrons. The molecule has 1 heterocycles. The van der Waals surface area contributed by atoms with Gasteiger partial charge in [-0.05, 0) is 19.8 Å². The zero-order valence-corrected chi connectivity index (χ0v) is 12.9. The Morgan fingerprint density at radius 1 is 1.45 bits per heavy atom. The normalized spacial score (nSPS) is 29.6. The molecular weight excluding hydrogens is 292 g/mol. The van der Waals surface area contributed by atoms with Crippen molar-refractivity contribution in [3.05, 3.63) is 0 Å². The number of aliphatic hydroxyl groups excluding tert-OH is 2. The summed E-state index contributed by atoms with van der Waals surface area (Å²) in [6, 6.07) is -0.652. The van der Waals surface area contributed by atoms with Gasteiger partial charge in [0.2, 0.25) is 0 Å². The van der Waals surface area contributed by atoms with E-state index in [0.29, 0.717) is 19.4 Å². The third kappa shape index (κ3) is 5.76. The van der Waals surface area contributed by atoms with Gasteiger partial charge in [0.1, 0.15) is 12.3 Å². The Kier molecular flexibility index (Phi) is 7.52. The van der Waals surface area contributed by atoms with E-state index in [2.05, 4.69) is 10.3 Å². The van der Waals surface area contributed by atoms with Crippen molar-refractivity contribution >= 4 is 11.9 Å². The molecule has 0 spiro atoms. The lowest BCUT2D eigenvalue weighted by atomic mass is 10.0. The molecule has 1 fully saturated rings. The number of guanidine groups is 1. The van der Waals surface area contributed by atoms with Crippen LogP contribution in [0.25, 0.3) is 0 Å². The maximum Gasteiger partial charge on any atom is 0.322 e. The van der Waals surface area contributed by atoms with Crippen LogP contribution in [0.5, 0.6) is 0 Å². The molecule has 9 heteroatoms. The monoisotopic (exact) mass is 318 g/mol. The van der Waals surface area contributed by atoms with Crippen molar-refractivity contribution in [2.24, 2.45) is 16.5 Å². The predicted molar refractivity (Wildman–Crippen MR) is 79.8 cm³/mol. The van der Waals surface area contributed by atoms with E-state index in [1.807, 2.05) is 0 Å². The van der Waals surface area contributed by atoms with Gasteiger partial charge in [-0.2, -0.15) is 0 Å². The largest absolute Gasteiger partial charge is 0.468 e. The van der Waals surface area contributed by atoms with Crippen LogP contribution in [0.3, 0.4) is 0 Å². The molecule has 1 unspecified atom stereocenters. The van der Waals surface area contributed by atoms with E-state index in [1.54, 1.807) is 6.92 Å². The molecule has 7 N–H and O–H groups in total. The molecule has 5 atom stereocenters. The third-order valence-electron chi connectivity index (χ3n) is 3.53. The predicted octanol–water partition coefficient (Wildman–Crippen LogP) is -1.97. The van der Waals surface area contributed by atoms with Crippen LogP contribution in [-0.4, -0.2) is 66.4 Å². The molecule has 1 aliphatic heterocycles. The molecule has 0 bridgehead atoms. The highest BCUT2D eigenvalue weighted by Crippen LogP contribution is 2.19. The number of nitrogens with zero attached hydrogens (tertiary/aromatic N) is 1. The second kappa shape index (κ2) is 8.89. The molecule has 0 amide bonds. The van der Waals surface area contributed by atoms with Gasteiger partial charge in [0, 0.05) is 13.0 Å². The van der Waals surface area contributed by atoms with Crippen molar-refractivity contribution in [2.75, 3.05) is 13.7 Å². The first kappa shape index (κ1) is 18.6. The van der Waals surface area contributed by atoms with Crippen LogP contribution in [-0.2, 0) is 14.3 Å². The number of carbonyl (C=O) groups is 1. The number of rotatable bonds is 7. The maximum absolute atomic E-state index is 11.8. The summed E-state index contributed by atoms with van der Waals surface area (Å²) in [5, 5.41) is 22.5. The first-order chi connectivity index (χ1) is 10.3. The Morgan fingerprint density at radius 3 is 2.73 bits per heavy atom. The van der Waals surface area contributed by atoms with Crippen LogP contribution in [0.1, 0.15) is 26.2 Å². The minimum atomic E-state index is -0.906. The van der Waals surface area contributed by atoms with E-state index in [-0.39, 0.29) is 12.4 Å². The van der Waals surface area contributed by atoms with Crippen LogP contribution < -0.4 is 16.8 Å². The molecule has 9 nitrogen and oxygen atoms in total. The molecule has 0 aromatic heterocycles. The minimum absolute atomic E-state index is 0.00331. The van der Waals surface area contributed by atoms with Gasteiger partial charge in [0.25, 0.3) is 0 Å². The van der Waals surface area contributed by atoms with Crippen LogP contribution in [0.2, 0.25) is 0 Å². The number of aliphatic hydroxyl groups is 2. The van der Waals surface area contributed by atoms with Crippen molar-refractivity contribution in [1.29, 1.82) is 0 Å². The molecular formula is C13H26N4O5. The summed E-state index contributed by atoms with van der Waals surface area (Å²) in [4.78, 5) is 15.7. The zero-order chi connectivity index (χ0) is 16.7. The van der Waals surface area contributed by atoms with Crippen LogP contribution in [0, 0.1) is 0 Å². The molecule has 0 radical (unpaired) electrons. The van der Waals surface area contributed by atoms with Crippen molar-refractivity contribution in [1.82, 2.24) is 5.32 Å². The molecule has 0 aliphatic carbocycles. The first-order valence-electron chi connectivity index (χ1n) is 7.26. The number of carbonyl (C=O) groups excluding carboxylic acids is 1. The van der Waals surface area contributed by atoms with Gasteiger partial charge < -0.3 is 31.2 Å². The number of hydrogen-bond donors (Lipinski definition) is 5. The lowest BCUT2D eigenvalue weighted by Gasteiger charge is -2.37. The zero-order valence-electron chi connectivity index (χ0n) is 12.9. The van der Waals surface area contributed by atoms with Crippen LogP contribution >= 0.6 is 0 Å². The average Bonchev–Trinajstić information content (AvgIpc) is 2.46. The lowest BCUT2D eigenvalue weighted by molar-refractivity contribution is -0.179. The summed E-state index contributed by atoms with van der Waals surface area (Å²) in [6.07, 6.45) is -1.65. The van der Waals surface area contributed by atoms with Crippen LogP contribution in [0.15, 0.2) is 4.99 Å². The fourth-order valence-corrected chi connectivity index (χ4v) is 2.24. The van der Waals surface area contributed by atoms with Gasteiger partial charge in [-0.25, -0.2) is 0 Å². The fourth-order valence-electron chi connectivity index (χ4n) is 2.24. The highest BCUT2D eigenvalue weighted by molar-refractivity contribution is 5.76. The first-order valence-corrected chi connectivity index (χ1v) is 7.26. The second-order valence-corrected chi connectivity index (χ2v) is 5.32. The number of ether oxygens (including phenoxy) is 2. The summed E-state index contributed by atoms with van der Waals surface area (Å²) >= 11 is 0. The summed E-state index contributed by atoms with van der Waals surface area (Å²) in [7, 11) is 1.29. The molecule has 0 aromatic carbocycles. The van der Waals surface area contributed by atoms with E-state index in [0.717, 1.165) is 0 Å². The number of methoxy groups -OCH3 is 1. The number of hydrogen-bond acceptors (Lipinski definition) is 7. The summed E-state index contributed by atoms with van der Waals surface area (Å²) in [5.74, 6) is -0.462. The summed E-state index contributed by atoms with van der Waals surface area (Å²) < 4.78 is 10.2. The smallest absolute Gasteiger partial charge is 0.322 e. The lowest BCUT2D eigenvalue weighted by Crippen LogP contribution is -2.56.